The molecule has 0 spiro atoms. The van der Waals surface area contributed by atoms with Crippen molar-refractivity contribution in [2.45, 2.75) is 66.3 Å². The quantitative estimate of drug-likeness (QED) is 0.583. The average Bonchev–Trinajstić information content (AvgIpc) is 2.49. The summed E-state index contributed by atoms with van der Waals surface area (Å²) < 4.78 is 0. The van der Waals surface area contributed by atoms with Gasteiger partial charge < -0.3 is 10.2 Å². The summed E-state index contributed by atoms with van der Waals surface area (Å²) in [6.45, 7) is 13.4. The standard InChI is InChI=1S/C19H34N2/c1-5-8-13-21(14-9-6-2)19-11-10-18(17(4)15-19)16-20-12-7-3/h10-11,15,20H,5-9,12-14,16H2,1-4H3. The van der Waals surface area contributed by atoms with Crippen molar-refractivity contribution in [3.63, 3.8) is 0 Å². The van der Waals surface area contributed by atoms with Gasteiger partial charge in [0.15, 0.2) is 0 Å². The number of rotatable bonds is 11. The van der Waals surface area contributed by atoms with Crippen molar-refractivity contribution in [3.05, 3.63) is 29.3 Å². The first kappa shape index (κ1) is 18.0. The SMILES string of the molecule is CCCCN(CCCC)c1ccc(CNCCC)c(C)c1. The maximum absolute atomic E-state index is 3.50. The van der Waals surface area contributed by atoms with E-state index in [-0.39, 0.29) is 0 Å². The minimum atomic E-state index is 0.990. The molecule has 0 radical (unpaired) electrons. The Morgan fingerprint density at radius 1 is 0.952 bits per heavy atom. The molecule has 2 heteroatoms. The molecular formula is C19H34N2. The highest BCUT2D eigenvalue weighted by atomic mass is 15.1. The highest BCUT2D eigenvalue weighted by molar-refractivity contribution is 5.50. The maximum atomic E-state index is 3.50. The van der Waals surface area contributed by atoms with E-state index in [9.17, 15) is 0 Å². The van der Waals surface area contributed by atoms with Crippen LogP contribution in [0.2, 0.25) is 0 Å². The van der Waals surface area contributed by atoms with Gasteiger partial charge in [-0.05, 0) is 56.0 Å². The second-order valence-corrected chi connectivity index (χ2v) is 5.98. The maximum Gasteiger partial charge on any atom is 0.0369 e. The molecule has 0 atom stereocenters. The van der Waals surface area contributed by atoms with Gasteiger partial charge in [0.25, 0.3) is 0 Å². The van der Waals surface area contributed by atoms with Crippen LogP contribution in [0.25, 0.3) is 0 Å². The van der Waals surface area contributed by atoms with Crippen molar-refractivity contribution < 1.29 is 0 Å². The van der Waals surface area contributed by atoms with E-state index in [2.05, 4.69) is 56.1 Å². The second kappa shape index (κ2) is 10.7. The Morgan fingerprint density at radius 2 is 1.62 bits per heavy atom. The zero-order chi connectivity index (χ0) is 15.5. The molecule has 1 aromatic rings. The molecule has 0 aliphatic rings. The van der Waals surface area contributed by atoms with E-state index in [0.29, 0.717) is 0 Å². The molecule has 0 saturated carbocycles. The van der Waals surface area contributed by atoms with Crippen molar-refractivity contribution in [2.75, 3.05) is 24.5 Å². The molecule has 0 amide bonds. The fourth-order valence-electron chi connectivity index (χ4n) is 2.54. The van der Waals surface area contributed by atoms with Gasteiger partial charge in [-0.3, -0.25) is 0 Å². The third kappa shape index (κ3) is 6.52. The third-order valence-electron chi connectivity index (χ3n) is 4.00. The van der Waals surface area contributed by atoms with Gasteiger partial charge in [0.05, 0.1) is 0 Å². The summed E-state index contributed by atoms with van der Waals surface area (Å²) in [5.41, 5.74) is 4.24. The molecule has 2 nitrogen and oxygen atoms in total. The van der Waals surface area contributed by atoms with E-state index in [1.807, 2.05) is 0 Å². The van der Waals surface area contributed by atoms with Gasteiger partial charge in [0.1, 0.15) is 0 Å². The summed E-state index contributed by atoms with van der Waals surface area (Å²) in [5, 5.41) is 3.50. The number of hydrogen-bond acceptors (Lipinski definition) is 2. The molecule has 0 fully saturated rings. The Kier molecular flexibility index (Phi) is 9.16. The summed E-state index contributed by atoms with van der Waals surface area (Å²) in [4.78, 5) is 2.56. The normalized spacial score (nSPS) is 10.9. The van der Waals surface area contributed by atoms with Crippen molar-refractivity contribution in [3.8, 4) is 0 Å². The highest BCUT2D eigenvalue weighted by Crippen LogP contribution is 2.20. The van der Waals surface area contributed by atoms with Crippen molar-refractivity contribution in [1.29, 1.82) is 0 Å². The molecule has 0 aromatic heterocycles. The summed E-state index contributed by atoms with van der Waals surface area (Å²) in [6, 6.07) is 6.98. The first-order chi connectivity index (χ1) is 10.2. The molecular weight excluding hydrogens is 256 g/mol. The number of aryl methyl sites for hydroxylation is 1. The van der Waals surface area contributed by atoms with Gasteiger partial charge in [0.2, 0.25) is 0 Å². The zero-order valence-corrected chi connectivity index (χ0v) is 14.5. The lowest BCUT2D eigenvalue weighted by Crippen LogP contribution is -2.25. The Bertz CT molecular complexity index is 379. The van der Waals surface area contributed by atoms with Crippen LogP contribution in [-0.2, 0) is 6.54 Å². The predicted molar refractivity (Wildman–Crippen MR) is 95.2 cm³/mol. The van der Waals surface area contributed by atoms with E-state index in [0.717, 1.165) is 13.1 Å². The number of unbranched alkanes of at least 4 members (excludes halogenated alkanes) is 2. The Labute approximate surface area is 131 Å². The van der Waals surface area contributed by atoms with E-state index in [4.69, 9.17) is 0 Å². The fraction of sp³-hybridized carbons (Fsp3) is 0.684. The van der Waals surface area contributed by atoms with Gasteiger partial charge in [-0.15, -0.1) is 0 Å². The molecule has 1 rings (SSSR count). The van der Waals surface area contributed by atoms with Crippen LogP contribution in [0, 0.1) is 6.92 Å². The zero-order valence-electron chi connectivity index (χ0n) is 14.5. The molecule has 0 saturated heterocycles. The topological polar surface area (TPSA) is 15.3 Å². The molecule has 1 N–H and O–H groups in total. The number of anilines is 1. The number of nitrogens with one attached hydrogen (secondary N) is 1. The minimum absolute atomic E-state index is 0.990. The van der Waals surface area contributed by atoms with Crippen LogP contribution < -0.4 is 10.2 Å². The van der Waals surface area contributed by atoms with Crippen LogP contribution in [0.4, 0.5) is 5.69 Å². The smallest absolute Gasteiger partial charge is 0.0369 e. The van der Waals surface area contributed by atoms with E-state index in [1.165, 1.54) is 62.0 Å². The summed E-state index contributed by atoms with van der Waals surface area (Å²) in [6.07, 6.45) is 6.28. The summed E-state index contributed by atoms with van der Waals surface area (Å²) >= 11 is 0. The number of benzene rings is 1. The summed E-state index contributed by atoms with van der Waals surface area (Å²) in [7, 11) is 0. The van der Waals surface area contributed by atoms with Gasteiger partial charge in [-0.1, -0.05) is 39.7 Å². The first-order valence-electron chi connectivity index (χ1n) is 8.78. The lowest BCUT2D eigenvalue weighted by molar-refractivity contribution is 0.669. The van der Waals surface area contributed by atoms with Crippen LogP contribution in [0.15, 0.2) is 18.2 Å². The van der Waals surface area contributed by atoms with Crippen molar-refractivity contribution in [1.82, 2.24) is 5.32 Å². The van der Waals surface area contributed by atoms with Crippen molar-refractivity contribution >= 4 is 5.69 Å². The molecule has 0 aliphatic carbocycles. The largest absolute Gasteiger partial charge is 0.372 e. The lowest BCUT2D eigenvalue weighted by atomic mass is 10.1. The van der Waals surface area contributed by atoms with Crippen LogP contribution in [0.3, 0.4) is 0 Å². The Balaban J connectivity index is 2.71. The van der Waals surface area contributed by atoms with Crippen molar-refractivity contribution in [2.24, 2.45) is 0 Å². The second-order valence-electron chi connectivity index (χ2n) is 5.98. The third-order valence-corrected chi connectivity index (χ3v) is 4.00. The predicted octanol–water partition coefficient (Wildman–Crippen LogP) is 4.90. The van der Waals surface area contributed by atoms with Crippen LogP contribution in [0.1, 0.15) is 64.0 Å². The van der Waals surface area contributed by atoms with Crippen LogP contribution in [-0.4, -0.2) is 19.6 Å². The van der Waals surface area contributed by atoms with Gasteiger partial charge in [0, 0.05) is 25.3 Å². The van der Waals surface area contributed by atoms with E-state index in [1.54, 1.807) is 0 Å². The molecule has 0 unspecified atom stereocenters. The van der Waals surface area contributed by atoms with Gasteiger partial charge >= 0.3 is 0 Å². The average molecular weight is 290 g/mol. The summed E-state index contributed by atoms with van der Waals surface area (Å²) in [5.74, 6) is 0. The Morgan fingerprint density at radius 3 is 2.14 bits per heavy atom. The molecule has 21 heavy (non-hydrogen) atoms. The van der Waals surface area contributed by atoms with Gasteiger partial charge in [-0.2, -0.15) is 0 Å². The number of nitrogens with zero attached hydrogens (tertiary/aromatic N) is 1. The lowest BCUT2D eigenvalue weighted by Gasteiger charge is -2.25. The molecule has 120 valence electrons. The molecule has 0 heterocycles. The highest BCUT2D eigenvalue weighted by Gasteiger charge is 2.07. The Hall–Kier alpha value is -1.02. The first-order valence-corrected chi connectivity index (χ1v) is 8.78. The minimum Gasteiger partial charge on any atom is -0.372 e. The molecule has 1 aromatic carbocycles. The molecule has 0 bridgehead atoms. The van der Waals surface area contributed by atoms with Gasteiger partial charge in [-0.25, -0.2) is 0 Å². The van der Waals surface area contributed by atoms with E-state index >= 15 is 0 Å². The fourth-order valence-corrected chi connectivity index (χ4v) is 2.54. The molecule has 0 aliphatic heterocycles. The van der Waals surface area contributed by atoms with Crippen LogP contribution >= 0.6 is 0 Å². The van der Waals surface area contributed by atoms with E-state index < -0.39 is 0 Å². The number of hydrogen-bond donors (Lipinski definition) is 1. The van der Waals surface area contributed by atoms with Crippen LogP contribution in [0.5, 0.6) is 0 Å². The monoisotopic (exact) mass is 290 g/mol.